The summed E-state index contributed by atoms with van der Waals surface area (Å²) in [4.78, 5) is 2.29. The van der Waals surface area contributed by atoms with Crippen LogP contribution in [0.25, 0.3) is 10.8 Å². The first-order valence-electron chi connectivity index (χ1n) is 6.39. The van der Waals surface area contributed by atoms with Crippen molar-refractivity contribution in [3.05, 3.63) is 69.4 Å². The van der Waals surface area contributed by atoms with Gasteiger partial charge in [0.2, 0.25) is 0 Å². The molecule has 0 radical (unpaired) electrons. The lowest BCUT2D eigenvalue weighted by Gasteiger charge is -2.13. The van der Waals surface area contributed by atoms with Crippen molar-refractivity contribution in [2.45, 2.75) is 20.0 Å². The van der Waals surface area contributed by atoms with Gasteiger partial charge in [-0.1, -0.05) is 42.5 Å². The number of benzene rings is 2. The summed E-state index contributed by atoms with van der Waals surface area (Å²) >= 11 is 1.68. The van der Waals surface area contributed by atoms with Gasteiger partial charge in [0, 0.05) is 9.75 Å². The van der Waals surface area contributed by atoms with Gasteiger partial charge in [0.05, 0.1) is 0 Å². The number of fused-ring (bicyclic) bond motifs is 1. The molecule has 2 aromatic carbocycles. The van der Waals surface area contributed by atoms with E-state index >= 15 is 0 Å². The van der Waals surface area contributed by atoms with Crippen molar-refractivity contribution in [3.63, 3.8) is 0 Å². The lowest BCUT2D eigenvalue weighted by molar-refractivity contribution is 0.225. The Balaban J connectivity index is 2.16. The Bertz CT molecular complexity index is 722. The monoisotopic (exact) mass is 268 g/mol. The SMILES string of the molecule is Cc1cc(C)c(C(O)c2cccc3ccccc23)s1. The largest absolute Gasteiger partial charge is 0.383 e. The third kappa shape index (κ3) is 2.18. The van der Waals surface area contributed by atoms with Crippen molar-refractivity contribution in [1.29, 1.82) is 0 Å². The second-order valence-electron chi connectivity index (χ2n) is 4.88. The first-order valence-corrected chi connectivity index (χ1v) is 7.21. The molecule has 1 N–H and O–H groups in total. The zero-order chi connectivity index (χ0) is 13.4. The van der Waals surface area contributed by atoms with Gasteiger partial charge >= 0.3 is 0 Å². The van der Waals surface area contributed by atoms with Gasteiger partial charge in [-0.05, 0) is 41.8 Å². The molecule has 0 bridgehead atoms. The fraction of sp³-hybridized carbons (Fsp3) is 0.176. The van der Waals surface area contributed by atoms with Gasteiger partial charge in [0.15, 0.2) is 0 Å². The summed E-state index contributed by atoms with van der Waals surface area (Å²) in [5.74, 6) is 0. The first-order chi connectivity index (χ1) is 9.16. The number of aliphatic hydroxyl groups is 1. The second-order valence-corrected chi connectivity index (χ2v) is 6.16. The van der Waals surface area contributed by atoms with E-state index in [-0.39, 0.29) is 0 Å². The van der Waals surface area contributed by atoms with Crippen LogP contribution in [0.3, 0.4) is 0 Å². The fourth-order valence-corrected chi connectivity index (χ4v) is 3.60. The van der Waals surface area contributed by atoms with Crippen LogP contribution in [-0.2, 0) is 0 Å². The van der Waals surface area contributed by atoms with Crippen molar-refractivity contribution >= 4 is 22.1 Å². The van der Waals surface area contributed by atoms with Crippen molar-refractivity contribution < 1.29 is 5.11 Å². The van der Waals surface area contributed by atoms with Crippen LogP contribution in [0.5, 0.6) is 0 Å². The minimum absolute atomic E-state index is 0.537. The summed E-state index contributed by atoms with van der Waals surface area (Å²) in [6.07, 6.45) is -0.537. The summed E-state index contributed by atoms with van der Waals surface area (Å²) < 4.78 is 0. The zero-order valence-corrected chi connectivity index (χ0v) is 11.9. The van der Waals surface area contributed by atoms with E-state index in [1.165, 1.54) is 15.8 Å². The van der Waals surface area contributed by atoms with Gasteiger partial charge in [-0.3, -0.25) is 0 Å². The van der Waals surface area contributed by atoms with Gasteiger partial charge in [0.25, 0.3) is 0 Å². The second kappa shape index (κ2) is 4.80. The molecule has 1 aromatic heterocycles. The van der Waals surface area contributed by atoms with Crippen molar-refractivity contribution in [3.8, 4) is 0 Å². The lowest BCUT2D eigenvalue weighted by Crippen LogP contribution is -1.99. The molecule has 0 saturated heterocycles. The number of aryl methyl sites for hydroxylation is 2. The molecule has 1 nitrogen and oxygen atoms in total. The summed E-state index contributed by atoms with van der Waals surface area (Å²) in [6.45, 7) is 4.14. The molecule has 0 spiro atoms. The maximum Gasteiger partial charge on any atom is 0.114 e. The maximum atomic E-state index is 10.7. The van der Waals surface area contributed by atoms with Crippen LogP contribution in [-0.4, -0.2) is 5.11 Å². The summed E-state index contributed by atoms with van der Waals surface area (Å²) in [7, 11) is 0. The Morgan fingerprint density at radius 2 is 1.74 bits per heavy atom. The Morgan fingerprint density at radius 3 is 2.47 bits per heavy atom. The highest BCUT2D eigenvalue weighted by molar-refractivity contribution is 7.12. The third-order valence-electron chi connectivity index (χ3n) is 3.45. The molecular formula is C17H16OS. The van der Waals surface area contributed by atoms with Crippen LogP contribution >= 0.6 is 11.3 Å². The van der Waals surface area contributed by atoms with E-state index < -0.39 is 6.10 Å². The molecule has 1 atom stereocenters. The van der Waals surface area contributed by atoms with Gasteiger partial charge in [0.1, 0.15) is 6.10 Å². The predicted molar refractivity (Wildman–Crippen MR) is 81.8 cm³/mol. The number of hydrogen-bond donors (Lipinski definition) is 1. The van der Waals surface area contributed by atoms with Gasteiger partial charge in [-0.2, -0.15) is 0 Å². The maximum absolute atomic E-state index is 10.7. The highest BCUT2D eigenvalue weighted by Gasteiger charge is 2.17. The van der Waals surface area contributed by atoms with Crippen LogP contribution in [0, 0.1) is 13.8 Å². The van der Waals surface area contributed by atoms with Crippen LogP contribution in [0.4, 0.5) is 0 Å². The van der Waals surface area contributed by atoms with Gasteiger partial charge in [-0.25, -0.2) is 0 Å². The molecule has 0 fully saturated rings. The molecule has 0 saturated carbocycles. The molecule has 1 unspecified atom stereocenters. The number of hydrogen-bond acceptors (Lipinski definition) is 2. The third-order valence-corrected chi connectivity index (χ3v) is 4.65. The fourth-order valence-electron chi connectivity index (χ4n) is 2.56. The van der Waals surface area contributed by atoms with E-state index in [1.807, 2.05) is 24.3 Å². The molecule has 96 valence electrons. The van der Waals surface area contributed by atoms with Crippen LogP contribution in [0.2, 0.25) is 0 Å². The van der Waals surface area contributed by atoms with E-state index in [0.29, 0.717) is 0 Å². The molecule has 2 heteroatoms. The van der Waals surface area contributed by atoms with Crippen LogP contribution < -0.4 is 0 Å². The summed E-state index contributed by atoms with van der Waals surface area (Å²) in [5.41, 5.74) is 2.16. The molecular weight excluding hydrogens is 252 g/mol. The van der Waals surface area contributed by atoms with E-state index in [1.54, 1.807) is 11.3 Å². The van der Waals surface area contributed by atoms with Crippen LogP contribution in [0.1, 0.15) is 27.0 Å². The molecule has 1 heterocycles. The Hall–Kier alpha value is -1.64. The Kier molecular flexibility index (Phi) is 3.13. The number of aliphatic hydroxyl groups excluding tert-OH is 1. The highest BCUT2D eigenvalue weighted by Crippen LogP contribution is 2.34. The smallest absolute Gasteiger partial charge is 0.114 e. The minimum atomic E-state index is -0.537. The molecule has 19 heavy (non-hydrogen) atoms. The highest BCUT2D eigenvalue weighted by atomic mass is 32.1. The lowest BCUT2D eigenvalue weighted by atomic mass is 9.98. The Morgan fingerprint density at radius 1 is 1.00 bits per heavy atom. The number of rotatable bonds is 2. The molecule has 3 rings (SSSR count). The molecule has 0 aliphatic carbocycles. The topological polar surface area (TPSA) is 20.2 Å². The van der Waals surface area contributed by atoms with E-state index in [0.717, 1.165) is 15.8 Å². The average Bonchev–Trinajstić information content (AvgIpc) is 2.76. The standard InChI is InChI=1S/C17H16OS/c1-11-10-12(2)19-17(11)16(18)15-9-5-7-13-6-3-4-8-14(13)15/h3-10,16,18H,1-2H3. The van der Waals surface area contributed by atoms with Gasteiger partial charge in [-0.15, -0.1) is 11.3 Å². The average molecular weight is 268 g/mol. The molecule has 0 aliphatic rings. The zero-order valence-electron chi connectivity index (χ0n) is 11.1. The first kappa shape index (κ1) is 12.4. The summed E-state index contributed by atoms with van der Waals surface area (Å²) in [5, 5.41) is 13.0. The predicted octanol–water partition coefficient (Wildman–Crippen LogP) is 4.60. The van der Waals surface area contributed by atoms with E-state index in [9.17, 15) is 5.11 Å². The Labute approximate surface area is 117 Å². The molecule has 3 aromatic rings. The molecule has 0 amide bonds. The van der Waals surface area contributed by atoms with E-state index in [2.05, 4.69) is 38.1 Å². The normalized spacial score (nSPS) is 12.8. The molecule has 0 aliphatic heterocycles. The quantitative estimate of drug-likeness (QED) is 0.720. The summed E-state index contributed by atoms with van der Waals surface area (Å²) in [6, 6.07) is 16.4. The van der Waals surface area contributed by atoms with Crippen molar-refractivity contribution in [2.75, 3.05) is 0 Å². The minimum Gasteiger partial charge on any atom is -0.383 e. The van der Waals surface area contributed by atoms with Gasteiger partial charge < -0.3 is 5.11 Å². The number of thiophene rings is 1. The van der Waals surface area contributed by atoms with Crippen LogP contribution in [0.15, 0.2) is 48.5 Å². The van der Waals surface area contributed by atoms with Crippen molar-refractivity contribution in [2.24, 2.45) is 0 Å². The van der Waals surface area contributed by atoms with E-state index in [4.69, 9.17) is 0 Å². The van der Waals surface area contributed by atoms with Crippen molar-refractivity contribution in [1.82, 2.24) is 0 Å².